The van der Waals surface area contributed by atoms with Crippen LogP contribution < -0.4 is 16.8 Å². The number of carbonyl (C=O) groups excluding carboxylic acids is 1. The standard InChI is InChI=1S/C14H15N5O2/c1-21-14(16)19-11-4-2-3-10(7-11)18-13(20)12-6-5-9(15)8-17-12/h2-8H,15H2,1H3,(H2,16,19)(H,18,20). The number of benzene rings is 1. The molecule has 0 aliphatic carbocycles. The molecule has 2 rings (SSSR count). The second-order valence-corrected chi connectivity index (χ2v) is 4.14. The fourth-order valence-electron chi connectivity index (χ4n) is 1.56. The quantitative estimate of drug-likeness (QED) is 0.584. The zero-order valence-electron chi connectivity index (χ0n) is 11.4. The van der Waals surface area contributed by atoms with Crippen LogP contribution in [0.1, 0.15) is 10.5 Å². The zero-order valence-corrected chi connectivity index (χ0v) is 11.4. The summed E-state index contributed by atoms with van der Waals surface area (Å²) < 4.78 is 4.77. The first-order chi connectivity index (χ1) is 10.1. The summed E-state index contributed by atoms with van der Waals surface area (Å²) in [6.07, 6.45) is 1.43. The molecule has 0 fully saturated rings. The number of methoxy groups -OCH3 is 1. The summed E-state index contributed by atoms with van der Waals surface area (Å²) in [5, 5.41) is 2.72. The van der Waals surface area contributed by atoms with Gasteiger partial charge in [0.2, 0.25) is 0 Å². The van der Waals surface area contributed by atoms with Crippen molar-refractivity contribution in [2.45, 2.75) is 0 Å². The van der Waals surface area contributed by atoms with Crippen molar-refractivity contribution in [3.05, 3.63) is 48.3 Å². The molecule has 0 aliphatic heterocycles. The number of aliphatic imine (C=N–C) groups is 1. The van der Waals surface area contributed by atoms with Crippen molar-refractivity contribution in [1.82, 2.24) is 4.98 Å². The molecule has 0 radical (unpaired) electrons. The Kier molecular flexibility index (Phi) is 4.35. The van der Waals surface area contributed by atoms with Gasteiger partial charge in [0.1, 0.15) is 5.69 Å². The predicted octanol–water partition coefficient (Wildman–Crippen LogP) is 1.51. The lowest BCUT2D eigenvalue weighted by molar-refractivity contribution is 0.102. The number of pyridine rings is 1. The summed E-state index contributed by atoms with van der Waals surface area (Å²) in [4.78, 5) is 20.0. The number of aromatic nitrogens is 1. The zero-order chi connectivity index (χ0) is 15.2. The lowest BCUT2D eigenvalue weighted by atomic mass is 10.2. The highest BCUT2D eigenvalue weighted by Gasteiger charge is 2.07. The number of nitrogens with two attached hydrogens (primary N) is 2. The highest BCUT2D eigenvalue weighted by molar-refractivity contribution is 6.03. The van der Waals surface area contributed by atoms with Crippen molar-refractivity contribution >= 4 is 29.0 Å². The van der Waals surface area contributed by atoms with Gasteiger partial charge in [0.15, 0.2) is 0 Å². The van der Waals surface area contributed by atoms with Gasteiger partial charge in [0.25, 0.3) is 11.9 Å². The Morgan fingerprint density at radius 2 is 2.14 bits per heavy atom. The second-order valence-electron chi connectivity index (χ2n) is 4.14. The highest BCUT2D eigenvalue weighted by Crippen LogP contribution is 2.18. The van der Waals surface area contributed by atoms with Gasteiger partial charge in [-0.15, -0.1) is 0 Å². The molecule has 0 bridgehead atoms. The Balaban J connectivity index is 2.14. The second kappa shape index (κ2) is 6.38. The van der Waals surface area contributed by atoms with Crippen LogP contribution >= 0.6 is 0 Å². The molecule has 21 heavy (non-hydrogen) atoms. The molecular weight excluding hydrogens is 270 g/mol. The molecule has 0 unspecified atom stereocenters. The molecule has 0 saturated carbocycles. The van der Waals surface area contributed by atoms with E-state index >= 15 is 0 Å². The molecule has 1 aromatic carbocycles. The van der Waals surface area contributed by atoms with Gasteiger partial charge in [-0.2, -0.15) is 4.99 Å². The molecule has 0 saturated heterocycles. The molecule has 0 aliphatic rings. The number of carbonyl (C=O) groups is 1. The van der Waals surface area contributed by atoms with E-state index in [9.17, 15) is 4.79 Å². The van der Waals surface area contributed by atoms with Gasteiger partial charge >= 0.3 is 0 Å². The molecule has 5 N–H and O–H groups in total. The number of ether oxygens (including phenoxy) is 1. The number of nitrogens with one attached hydrogen (secondary N) is 1. The summed E-state index contributed by atoms with van der Waals surface area (Å²) in [6, 6.07) is 10.1. The third kappa shape index (κ3) is 3.93. The average Bonchev–Trinajstić information content (AvgIpc) is 2.48. The number of nitrogens with zero attached hydrogens (tertiary/aromatic N) is 2. The topological polar surface area (TPSA) is 116 Å². The van der Waals surface area contributed by atoms with E-state index < -0.39 is 0 Å². The van der Waals surface area contributed by atoms with E-state index in [0.717, 1.165) is 0 Å². The number of anilines is 2. The largest absolute Gasteiger partial charge is 0.469 e. The Bertz CT molecular complexity index is 667. The number of amides is 1. The lowest BCUT2D eigenvalue weighted by Gasteiger charge is -2.06. The lowest BCUT2D eigenvalue weighted by Crippen LogP contribution is -2.14. The Morgan fingerprint density at radius 3 is 2.81 bits per heavy atom. The summed E-state index contributed by atoms with van der Waals surface area (Å²) in [7, 11) is 1.43. The van der Waals surface area contributed by atoms with Crippen LogP contribution in [0.15, 0.2) is 47.6 Å². The average molecular weight is 285 g/mol. The van der Waals surface area contributed by atoms with Gasteiger partial charge in [0.05, 0.1) is 24.7 Å². The third-order valence-corrected chi connectivity index (χ3v) is 2.57. The number of nitrogen functional groups attached to an aromatic ring is 1. The van der Waals surface area contributed by atoms with Crippen LogP contribution in [0.25, 0.3) is 0 Å². The fourth-order valence-corrected chi connectivity index (χ4v) is 1.56. The smallest absolute Gasteiger partial charge is 0.286 e. The first-order valence-electron chi connectivity index (χ1n) is 6.09. The molecule has 1 aromatic heterocycles. The van der Waals surface area contributed by atoms with Crippen molar-refractivity contribution in [1.29, 1.82) is 0 Å². The molecule has 1 amide bonds. The minimum atomic E-state index is -0.337. The summed E-state index contributed by atoms with van der Waals surface area (Å²) in [6.45, 7) is 0. The van der Waals surface area contributed by atoms with E-state index in [1.165, 1.54) is 13.3 Å². The predicted molar refractivity (Wildman–Crippen MR) is 81.3 cm³/mol. The maximum Gasteiger partial charge on any atom is 0.286 e. The van der Waals surface area contributed by atoms with Crippen molar-refractivity contribution in [3.8, 4) is 0 Å². The van der Waals surface area contributed by atoms with Crippen molar-refractivity contribution in [3.63, 3.8) is 0 Å². The van der Waals surface area contributed by atoms with Crippen molar-refractivity contribution < 1.29 is 9.53 Å². The monoisotopic (exact) mass is 285 g/mol. The minimum absolute atomic E-state index is 0.0404. The minimum Gasteiger partial charge on any atom is -0.469 e. The number of amidine groups is 1. The van der Waals surface area contributed by atoms with Crippen molar-refractivity contribution in [2.75, 3.05) is 18.2 Å². The maximum atomic E-state index is 12.0. The van der Waals surface area contributed by atoms with Crippen LogP contribution in [0, 0.1) is 0 Å². The number of hydrogen-bond donors (Lipinski definition) is 3. The van der Waals surface area contributed by atoms with Crippen LogP contribution in [0.4, 0.5) is 17.1 Å². The highest BCUT2D eigenvalue weighted by atomic mass is 16.5. The van der Waals surface area contributed by atoms with Crippen LogP contribution in [0.5, 0.6) is 0 Å². The number of rotatable bonds is 3. The van der Waals surface area contributed by atoms with Crippen LogP contribution in [0.2, 0.25) is 0 Å². The van der Waals surface area contributed by atoms with Gasteiger partial charge in [0, 0.05) is 5.69 Å². The van der Waals surface area contributed by atoms with E-state index in [1.54, 1.807) is 36.4 Å². The van der Waals surface area contributed by atoms with Crippen molar-refractivity contribution in [2.24, 2.45) is 10.7 Å². The fraction of sp³-hybridized carbons (Fsp3) is 0.0714. The molecule has 0 atom stereocenters. The van der Waals surface area contributed by atoms with Gasteiger partial charge in [-0.3, -0.25) is 4.79 Å². The molecular formula is C14H15N5O2. The maximum absolute atomic E-state index is 12.0. The van der Waals surface area contributed by atoms with E-state index in [0.29, 0.717) is 17.1 Å². The van der Waals surface area contributed by atoms with Crippen LogP contribution in [0.3, 0.4) is 0 Å². The molecule has 1 heterocycles. The normalized spacial score (nSPS) is 11.0. The molecule has 0 spiro atoms. The summed E-state index contributed by atoms with van der Waals surface area (Å²) >= 11 is 0. The Hall–Kier alpha value is -3.09. The third-order valence-electron chi connectivity index (χ3n) is 2.57. The van der Waals surface area contributed by atoms with E-state index in [-0.39, 0.29) is 17.6 Å². The Labute approximate surface area is 121 Å². The SMILES string of the molecule is CO/C(N)=N\c1cccc(NC(=O)c2ccc(N)cn2)c1. The van der Waals surface area contributed by atoms with Gasteiger partial charge < -0.3 is 21.5 Å². The molecule has 7 heteroatoms. The summed E-state index contributed by atoms with van der Waals surface area (Å²) in [5.41, 5.74) is 12.9. The number of hydrogen-bond acceptors (Lipinski definition) is 5. The molecule has 2 aromatic rings. The van der Waals surface area contributed by atoms with Crippen LogP contribution in [-0.2, 0) is 4.74 Å². The summed E-state index contributed by atoms with van der Waals surface area (Å²) in [5.74, 6) is -0.337. The van der Waals surface area contributed by atoms with Crippen LogP contribution in [-0.4, -0.2) is 24.0 Å². The Morgan fingerprint density at radius 1 is 1.33 bits per heavy atom. The first-order valence-corrected chi connectivity index (χ1v) is 6.09. The van der Waals surface area contributed by atoms with E-state index in [4.69, 9.17) is 16.2 Å². The first kappa shape index (κ1) is 14.3. The van der Waals surface area contributed by atoms with E-state index in [1.807, 2.05) is 0 Å². The molecule has 108 valence electrons. The van der Waals surface area contributed by atoms with E-state index in [2.05, 4.69) is 15.3 Å². The van der Waals surface area contributed by atoms with Gasteiger partial charge in [-0.05, 0) is 30.3 Å². The van der Waals surface area contributed by atoms with Gasteiger partial charge in [-0.1, -0.05) is 6.07 Å². The van der Waals surface area contributed by atoms with Gasteiger partial charge in [-0.25, -0.2) is 4.98 Å². The molecule has 7 nitrogen and oxygen atoms in total.